The van der Waals surface area contributed by atoms with Crippen molar-refractivity contribution < 1.29 is 14.3 Å². The molecule has 0 aliphatic rings. The Balaban J connectivity index is 3.82. The van der Waals surface area contributed by atoms with E-state index in [1.807, 2.05) is 6.92 Å². The summed E-state index contributed by atoms with van der Waals surface area (Å²) in [6.07, 6.45) is 0.973. The van der Waals surface area contributed by atoms with E-state index in [0.717, 1.165) is 6.42 Å². The third-order valence-electron chi connectivity index (χ3n) is 1.54. The molecule has 0 spiro atoms. The van der Waals surface area contributed by atoms with E-state index in [2.05, 4.69) is 10.1 Å². The fourth-order valence-electron chi connectivity index (χ4n) is 0.869. The summed E-state index contributed by atoms with van der Waals surface area (Å²) in [6, 6.07) is -0.102. The molecule has 0 heterocycles. The van der Waals surface area contributed by atoms with Crippen LogP contribution in [0.1, 0.15) is 26.7 Å². The average molecular weight is 173 g/mol. The largest absolute Gasteiger partial charge is 0.469 e. The van der Waals surface area contributed by atoms with Gasteiger partial charge in [-0.15, -0.1) is 0 Å². The van der Waals surface area contributed by atoms with Gasteiger partial charge in [-0.2, -0.15) is 0 Å². The van der Waals surface area contributed by atoms with E-state index in [1.165, 1.54) is 14.0 Å². The number of esters is 1. The van der Waals surface area contributed by atoms with Crippen molar-refractivity contribution in [3.05, 3.63) is 0 Å². The van der Waals surface area contributed by atoms with Gasteiger partial charge in [0.25, 0.3) is 0 Å². The quantitative estimate of drug-likeness (QED) is 0.628. The first-order valence-corrected chi connectivity index (χ1v) is 3.94. The van der Waals surface area contributed by atoms with Crippen molar-refractivity contribution in [2.75, 3.05) is 7.11 Å². The minimum Gasteiger partial charge on any atom is -0.469 e. The molecule has 0 rings (SSSR count). The molecule has 0 radical (unpaired) electrons. The van der Waals surface area contributed by atoms with Crippen molar-refractivity contribution in [3.8, 4) is 0 Å². The maximum atomic E-state index is 10.8. The van der Waals surface area contributed by atoms with Gasteiger partial charge in [0, 0.05) is 13.0 Å². The standard InChI is InChI=1S/C8H15NO3/c1-4-7(9-6(2)10)5-8(11)12-3/h7H,4-5H2,1-3H3,(H,9,10)/t7-/m0/s1. The van der Waals surface area contributed by atoms with Crippen LogP contribution in [0.25, 0.3) is 0 Å². The van der Waals surface area contributed by atoms with Crippen LogP contribution in [-0.2, 0) is 14.3 Å². The third-order valence-corrected chi connectivity index (χ3v) is 1.54. The maximum Gasteiger partial charge on any atom is 0.307 e. The van der Waals surface area contributed by atoms with Gasteiger partial charge in [-0.1, -0.05) is 6.92 Å². The second kappa shape index (κ2) is 5.57. The number of hydrogen-bond donors (Lipinski definition) is 1. The predicted octanol–water partition coefficient (Wildman–Crippen LogP) is 0.464. The van der Waals surface area contributed by atoms with Crippen LogP contribution in [0.5, 0.6) is 0 Å². The normalized spacial score (nSPS) is 11.9. The Morgan fingerprint density at radius 1 is 1.50 bits per heavy atom. The Hall–Kier alpha value is -1.06. The van der Waals surface area contributed by atoms with Crippen LogP contribution in [0.15, 0.2) is 0 Å². The lowest BCUT2D eigenvalue weighted by molar-refractivity contribution is -0.141. The first kappa shape index (κ1) is 10.9. The Labute approximate surface area is 72.3 Å². The van der Waals surface area contributed by atoms with Gasteiger partial charge in [-0.3, -0.25) is 9.59 Å². The van der Waals surface area contributed by atoms with Crippen molar-refractivity contribution in [1.29, 1.82) is 0 Å². The second-order valence-electron chi connectivity index (χ2n) is 2.59. The number of nitrogens with one attached hydrogen (secondary N) is 1. The molecule has 1 amide bonds. The summed E-state index contributed by atoms with van der Waals surface area (Å²) >= 11 is 0. The first-order valence-electron chi connectivity index (χ1n) is 3.94. The SMILES string of the molecule is CC[C@@H](CC(=O)OC)NC(C)=O. The molecule has 70 valence electrons. The van der Waals surface area contributed by atoms with E-state index in [9.17, 15) is 9.59 Å². The molecule has 0 aromatic rings. The average Bonchev–Trinajstić information content (AvgIpc) is 2.02. The lowest BCUT2D eigenvalue weighted by Gasteiger charge is -2.13. The smallest absolute Gasteiger partial charge is 0.307 e. The summed E-state index contributed by atoms with van der Waals surface area (Å²) < 4.78 is 4.47. The predicted molar refractivity (Wildman–Crippen MR) is 44.5 cm³/mol. The van der Waals surface area contributed by atoms with Gasteiger partial charge in [-0.25, -0.2) is 0 Å². The molecule has 0 saturated carbocycles. The molecule has 0 bridgehead atoms. The van der Waals surface area contributed by atoms with Gasteiger partial charge in [-0.05, 0) is 6.42 Å². The van der Waals surface area contributed by atoms with Gasteiger partial charge in [0.15, 0.2) is 0 Å². The van der Waals surface area contributed by atoms with Gasteiger partial charge in [0.1, 0.15) is 0 Å². The summed E-state index contributed by atoms with van der Waals surface area (Å²) in [7, 11) is 1.34. The molecule has 0 aliphatic heterocycles. The highest BCUT2D eigenvalue weighted by Gasteiger charge is 2.12. The van der Waals surface area contributed by atoms with Crippen LogP contribution in [0, 0.1) is 0 Å². The van der Waals surface area contributed by atoms with Crippen LogP contribution in [0.4, 0.5) is 0 Å². The lowest BCUT2D eigenvalue weighted by Crippen LogP contribution is -2.34. The highest BCUT2D eigenvalue weighted by atomic mass is 16.5. The Bertz CT molecular complexity index is 168. The number of carbonyl (C=O) groups is 2. The van der Waals surface area contributed by atoms with Crippen molar-refractivity contribution in [2.24, 2.45) is 0 Å². The van der Waals surface area contributed by atoms with E-state index < -0.39 is 0 Å². The van der Waals surface area contributed by atoms with Gasteiger partial charge in [0.2, 0.25) is 5.91 Å². The molecule has 0 saturated heterocycles. The number of amides is 1. The van der Waals surface area contributed by atoms with Crippen LogP contribution in [0.2, 0.25) is 0 Å². The first-order chi connectivity index (χ1) is 5.60. The maximum absolute atomic E-state index is 10.8. The van der Waals surface area contributed by atoms with E-state index in [4.69, 9.17) is 0 Å². The van der Waals surface area contributed by atoms with Gasteiger partial charge >= 0.3 is 5.97 Å². The molecule has 0 fully saturated rings. The number of rotatable bonds is 4. The van der Waals surface area contributed by atoms with Crippen molar-refractivity contribution >= 4 is 11.9 Å². The highest BCUT2D eigenvalue weighted by Crippen LogP contribution is 1.98. The molecule has 0 aromatic carbocycles. The summed E-state index contributed by atoms with van der Waals surface area (Å²) in [6.45, 7) is 3.34. The summed E-state index contributed by atoms with van der Waals surface area (Å²) in [5.41, 5.74) is 0. The minimum absolute atomic E-state index is 0.102. The molecule has 4 heteroatoms. The number of hydrogen-bond acceptors (Lipinski definition) is 3. The highest BCUT2D eigenvalue weighted by molar-refractivity contribution is 5.75. The number of carbonyl (C=O) groups excluding carboxylic acids is 2. The zero-order valence-corrected chi connectivity index (χ0v) is 7.72. The molecular formula is C8H15NO3. The van der Waals surface area contributed by atoms with E-state index in [0.29, 0.717) is 0 Å². The van der Waals surface area contributed by atoms with Crippen LogP contribution >= 0.6 is 0 Å². The Morgan fingerprint density at radius 3 is 2.42 bits per heavy atom. The third kappa shape index (κ3) is 4.71. The van der Waals surface area contributed by atoms with Gasteiger partial charge in [0.05, 0.1) is 13.5 Å². The van der Waals surface area contributed by atoms with E-state index in [-0.39, 0.29) is 24.3 Å². The second-order valence-corrected chi connectivity index (χ2v) is 2.59. The van der Waals surface area contributed by atoms with Crippen molar-refractivity contribution in [2.45, 2.75) is 32.7 Å². The minimum atomic E-state index is -0.296. The van der Waals surface area contributed by atoms with E-state index >= 15 is 0 Å². The molecule has 12 heavy (non-hydrogen) atoms. The molecule has 0 aromatic heterocycles. The van der Waals surface area contributed by atoms with Crippen LogP contribution in [-0.4, -0.2) is 25.0 Å². The zero-order chi connectivity index (χ0) is 9.56. The number of methoxy groups -OCH3 is 1. The molecular weight excluding hydrogens is 158 g/mol. The lowest BCUT2D eigenvalue weighted by atomic mass is 10.1. The summed E-state index contributed by atoms with van der Waals surface area (Å²) in [4.78, 5) is 21.4. The van der Waals surface area contributed by atoms with Crippen molar-refractivity contribution in [1.82, 2.24) is 5.32 Å². The number of ether oxygens (including phenoxy) is 1. The van der Waals surface area contributed by atoms with Crippen LogP contribution in [0.3, 0.4) is 0 Å². The van der Waals surface area contributed by atoms with E-state index in [1.54, 1.807) is 0 Å². The van der Waals surface area contributed by atoms with Gasteiger partial charge < -0.3 is 10.1 Å². The Morgan fingerprint density at radius 2 is 2.08 bits per heavy atom. The topological polar surface area (TPSA) is 55.4 Å². The molecule has 4 nitrogen and oxygen atoms in total. The zero-order valence-electron chi connectivity index (χ0n) is 7.72. The Kier molecular flexibility index (Phi) is 5.08. The van der Waals surface area contributed by atoms with Crippen LogP contribution < -0.4 is 5.32 Å². The molecule has 0 unspecified atom stereocenters. The fraction of sp³-hybridized carbons (Fsp3) is 0.750. The summed E-state index contributed by atoms with van der Waals surface area (Å²) in [5.74, 6) is -0.415. The molecule has 0 aliphatic carbocycles. The molecule has 1 N–H and O–H groups in total. The molecule has 1 atom stereocenters. The fourth-order valence-corrected chi connectivity index (χ4v) is 0.869. The monoisotopic (exact) mass is 173 g/mol. The summed E-state index contributed by atoms with van der Waals surface area (Å²) in [5, 5.41) is 2.66. The van der Waals surface area contributed by atoms with Crippen molar-refractivity contribution in [3.63, 3.8) is 0 Å².